The van der Waals surface area contributed by atoms with Crippen LogP contribution in [0, 0.1) is 0 Å². The lowest BCUT2D eigenvalue weighted by Crippen LogP contribution is -2.34. The second-order valence-corrected chi connectivity index (χ2v) is 10.1. The number of halogens is 1. The number of hydrogen-bond acceptors (Lipinski definition) is 7. The molecule has 37 heavy (non-hydrogen) atoms. The third-order valence-electron chi connectivity index (χ3n) is 6.55. The molecule has 9 nitrogen and oxygen atoms in total. The van der Waals surface area contributed by atoms with Crippen LogP contribution in [0.2, 0.25) is 5.02 Å². The van der Waals surface area contributed by atoms with E-state index < -0.39 is 0 Å². The summed E-state index contributed by atoms with van der Waals surface area (Å²) in [6.45, 7) is 0.862. The molecule has 6 rings (SSSR count). The smallest absolute Gasteiger partial charge is 0.352 e. The molecular weight excluding hydrogens is 514 g/mol. The van der Waals surface area contributed by atoms with Crippen LogP contribution >= 0.6 is 22.9 Å². The number of ether oxygens (including phenoxy) is 2. The van der Waals surface area contributed by atoms with Crippen molar-refractivity contribution in [3.8, 4) is 11.5 Å². The fourth-order valence-electron chi connectivity index (χ4n) is 4.85. The zero-order chi connectivity index (χ0) is 25.7. The van der Waals surface area contributed by atoms with Gasteiger partial charge in [-0.15, -0.1) is 0 Å². The van der Waals surface area contributed by atoms with Crippen molar-refractivity contribution in [1.82, 2.24) is 19.2 Å². The van der Waals surface area contributed by atoms with E-state index in [0.29, 0.717) is 34.3 Å². The monoisotopic (exact) mass is 535 g/mol. The highest BCUT2D eigenvalue weighted by Crippen LogP contribution is 2.43. The van der Waals surface area contributed by atoms with E-state index in [2.05, 4.69) is 10.1 Å². The van der Waals surface area contributed by atoms with Crippen LogP contribution in [-0.2, 0) is 13.0 Å². The van der Waals surface area contributed by atoms with Crippen molar-refractivity contribution >= 4 is 49.7 Å². The number of thiophene rings is 1. The minimum atomic E-state index is -0.305. The summed E-state index contributed by atoms with van der Waals surface area (Å²) >= 11 is 7.59. The number of benzene rings is 2. The van der Waals surface area contributed by atoms with Crippen molar-refractivity contribution in [3.05, 3.63) is 81.0 Å². The third-order valence-corrected chi connectivity index (χ3v) is 8.07. The maximum Gasteiger partial charge on any atom is 0.352 e. The van der Waals surface area contributed by atoms with Gasteiger partial charge in [-0.3, -0.25) is 14.3 Å². The lowest BCUT2D eigenvalue weighted by Gasteiger charge is -2.26. The Morgan fingerprint density at radius 2 is 1.97 bits per heavy atom. The van der Waals surface area contributed by atoms with Gasteiger partial charge in [-0.05, 0) is 48.7 Å². The molecule has 0 N–H and O–H groups in total. The number of amides is 1. The zero-order valence-electron chi connectivity index (χ0n) is 20.1. The van der Waals surface area contributed by atoms with Crippen LogP contribution in [0.5, 0.6) is 11.5 Å². The molecule has 0 unspecified atom stereocenters. The van der Waals surface area contributed by atoms with Crippen LogP contribution in [0.4, 0.5) is 5.00 Å². The van der Waals surface area contributed by atoms with E-state index in [4.69, 9.17) is 21.1 Å². The summed E-state index contributed by atoms with van der Waals surface area (Å²) in [6, 6.07) is 12.5. The van der Waals surface area contributed by atoms with Gasteiger partial charge in [0.1, 0.15) is 16.2 Å². The Bertz CT molecular complexity index is 1740. The van der Waals surface area contributed by atoms with E-state index in [1.54, 1.807) is 48.0 Å². The molecule has 188 valence electrons. The van der Waals surface area contributed by atoms with Gasteiger partial charge in [-0.1, -0.05) is 35.1 Å². The molecule has 2 aromatic carbocycles. The van der Waals surface area contributed by atoms with Gasteiger partial charge < -0.3 is 9.47 Å². The molecule has 0 atom stereocenters. The highest BCUT2D eigenvalue weighted by Gasteiger charge is 2.30. The molecule has 0 fully saturated rings. The summed E-state index contributed by atoms with van der Waals surface area (Å²) < 4.78 is 13.8. The molecule has 3 aromatic heterocycles. The van der Waals surface area contributed by atoms with E-state index in [1.807, 2.05) is 18.2 Å². The molecule has 0 bridgehead atoms. The third kappa shape index (κ3) is 3.84. The number of aryl methyl sites for hydroxylation is 1. The predicted octanol–water partition coefficient (Wildman–Crippen LogP) is 4.42. The van der Waals surface area contributed by atoms with Gasteiger partial charge in [0.25, 0.3) is 5.91 Å². The first kappa shape index (κ1) is 23.5. The van der Waals surface area contributed by atoms with Crippen molar-refractivity contribution < 1.29 is 14.3 Å². The van der Waals surface area contributed by atoms with Crippen molar-refractivity contribution in [2.24, 2.45) is 0 Å². The van der Waals surface area contributed by atoms with E-state index in [1.165, 1.54) is 22.2 Å². The standard InChI is InChI=1S/C26H22ClN5O4S/c1-35-19-9-8-15(11-20(19)36-2)13-31-25-21(22-28-14-29-32(22)26(31)34)18-7-4-10-30(24(18)37-25)23(33)16-5-3-6-17(27)12-16/h3,5-6,8-9,11-12,14H,4,7,10,13H2,1-2H3. The van der Waals surface area contributed by atoms with Crippen molar-refractivity contribution in [1.29, 1.82) is 0 Å². The molecular formula is C26H22ClN5O4S. The van der Waals surface area contributed by atoms with Crippen molar-refractivity contribution in [3.63, 3.8) is 0 Å². The zero-order valence-corrected chi connectivity index (χ0v) is 21.7. The number of anilines is 1. The average Bonchev–Trinajstić information content (AvgIpc) is 3.55. The summed E-state index contributed by atoms with van der Waals surface area (Å²) in [6.07, 6.45) is 2.95. The first-order valence-corrected chi connectivity index (χ1v) is 12.9. The summed E-state index contributed by atoms with van der Waals surface area (Å²) in [5.41, 5.74) is 2.58. The minimum Gasteiger partial charge on any atom is -0.493 e. The maximum absolute atomic E-state index is 13.6. The summed E-state index contributed by atoms with van der Waals surface area (Å²) in [5.74, 6) is 1.06. The Morgan fingerprint density at radius 1 is 1.14 bits per heavy atom. The summed E-state index contributed by atoms with van der Waals surface area (Å²) in [5, 5.41) is 6.39. The molecule has 1 amide bonds. The molecule has 4 heterocycles. The van der Waals surface area contributed by atoms with Crippen LogP contribution in [0.15, 0.2) is 53.6 Å². The molecule has 0 saturated carbocycles. The Morgan fingerprint density at radius 3 is 2.76 bits per heavy atom. The van der Waals surface area contributed by atoms with Gasteiger partial charge in [0.05, 0.1) is 26.2 Å². The lowest BCUT2D eigenvalue weighted by atomic mass is 10.0. The Labute approximate surface area is 220 Å². The quantitative estimate of drug-likeness (QED) is 0.331. The summed E-state index contributed by atoms with van der Waals surface area (Å²) in [7, 11) is 3.16. The first-order valence-electron chi connectivity index (χ1n) is 11.7. The number of hydrogen-bond donors (Lipinski definition) is 0. The van der Waals surface area contributed by atoms with E-state index >= 15 is 0 Å². The van der Waals surface area contributed by atoms with Crippen LogP contribution in [0.1, 0.15) is 27.9 Å². The SMILES string of the molecule is COc1ccc(Cn2c(=O)n3ncnc3c3c4c(sc32)N(C(=O)c2cccc(Cl)c2)CCC4)cc1OC. The van der Waals surface area contributed by atoms with Crippen molar-refractivity contribution in [2.75, 3.05) is 25.7 Å². The van der Waals surface area contributed by atoms with E-state index in [9.17, 15) is 9.59 Å². The van der Waals surface area contributed by atoms with Gasteiger partial charge in [-0.2, -0.15) is 9.61 Å². The van der Waals surface area contributed by atoms with E-state index in [-0.39, 0.29) is 18.1 Å². The Balaban J connectivity index is 1.53. The molecule has 11 heteroatoms. The van der Waals surface area contributed by atoms with Gasteiger partial charge in [-0.25, -0.2) is 9.78 Å². The normalized spacial score (nSPS) is 13.2. The highest BCUT2D eigenvalue weighted by molar-refractivity contribution is 7.23. The largest absolute Gasteiger partial charge is 0.493 e. The molecule has 1 aliphatic rings. The fraction of sp³-hybridized carbons (Fsp3) is 0.231. The second kappa shape index (κ2) is 9.20. The number of fused-ring (bicyclic) bond motifs is 5. The average molecular weight is 536 g/mol. The Kier molecular flexibility index (Phi) is 5.85. The van der Waals surface area contributed by atoms with Gasteiger partial charge in [0.15, 0.2) is 17.1 Å². The number of nitrogens with zero attached hydrogens (tertiary/aromatic N) is 5. The van der Waals surface area contributed by atoms with Crippen LogP contribution in [-0.4, -0.2) is 45.8 Å². The fourth-order valence-corrected chi connectivity index (χ4v) is 6.41. The topological polar surface area (TPSA) is 91.0 Å². The van der Waals surface area contributed by atoms with E-state index in [0.717, 1.165) is 39.2 Å². The van der Waals surface area contributed by atoms with Crippen LogP contribution < -0.4 is 20.1 Å². The molecule has 0 radical (unpaired) electrons. The molecule has 0 saturated heterocycles. The molecule has 5 aromatic rings. The lowest BCUT2D eigenvalue weighted by molar-refractivity contribution is 0.0986. The predicted molar refractivity (Wildman–Crippen MR) is 143 cm³/mol. The summed E-state index contributed by atoms with van der Waals surface area (Å²) in [4.78, 5) is 34.0. The Hall–Kier alpha value is -3.89. The number of rotatable bonds is 5. The number of carbonyl (C=O) groups is 1. The minimum absolute atomic E-state index is 0.124. The van der Waals surface area contributed by atoms with Gasteiger partial charge >= 0.3 is 5.69 Å². The molecule has 0 spiro atoms. The first-order chi connectivity index (χ1) is 18.0. The molecule has 0 aliphatic carbocycles. The second-order valence-electron chi connectivity index (χ2n) is 8.69. The van der Waals surface area contributed by atoms with Crippen LogP contribution in [0.25, 0.3) is 15.9 Å². The van der Waals surface area contributed by atoms with Gasteiger partial charge in [0, 0.05) is 22.7 Å². The highest BCUT2D eigenvalue weighted by atomic mass is 35.5. The molecule has 1 aliphatic heterocycles. The van der Waals surface area contributed by atoms with Gasteiger partial charge in [0.2, 0.25) is 0 Å². The van der Waals surface area contributed by atoms with Crippen molar-refractivity contribution in [2.45, 2.75) is 19.4 Å². The number of aromatic nitrogens is 4. The van der Waals surface area contributed by atoms with Crippen LogP contribution in [0.3, 0.4) is 0 Å². The number of methoxy groups -OCH3 is 2. The maximum atomic E-state index is 13.6. The number of carbonyl (C=O) groups excluding carboxylic acids is 1.